The molecule has 4 nitrogen and oxygen atoms in total. The summed E-state index contributed by atoms with van der Waals surface area (Å²) >= 11 is 1.72. The largest absolute Gasteiger partial charge is 0.409 e. The van der Waals surface area contributed by atoms with E-state index in [-0.39, 0.29) is 5.84 Å². The van der Waals surface area contributed by atoms with Crippen LogP contribution in [-0.4, -0.2) is 17.6 Å². The minimum Gasteiger partial charge on any atom is -0.409 e. The topological polar surface area (TPSA) is 70.6 Å². The summed E-state index contributed by atoms with van der Waals surface area (Å²) < 4.78 is 0. The Morgan fingerprint density at radius 3 is 2.89 bits per heavy atom. The van der Waals surface area contributed by atoms with Gasteiger partial charge in [-0.1, -0.05) is 29.4 Å². The maximum atomic E-state index is 8.75. The third-order valence-electron chi connectivity index (χ3n) is 2.89. The van der Waals surface area contributed by atoms with Gasteiger partial charge in [-0.15, -0.1) is 0 Å². The van der Waals surface area contributed by atoms with Crippen LogP contribution >= 0.6 is 11.3 Å². The molecule has 0 saturated carbocycles. The van der Waals surface area contributed by atoms with E-state index in [9.17, 15) is 0 Å². The molecule has 4 N–H and O–H groups in total. The van der Waals surface area contributed by atoms with Crippen molar-refractivity contribution in [2.75, 3.05) is 6.54 Å². The second kappa shape index (κ2) is 6.92. The highest BCUT2D eigenvalue weighted by Gasteiger charge is 2.05. The molecule has 0 bridgehead atoms. The van der Waals surface area contributed by atoms with Crippen molar-refractivity contribution < 1.29 is 5.21 Å². The van der Waals surface area contributed by atoms with Crippen molar-refractivity contribution in [1.82, 2.24) is 5.32 Å². The first-order valence-electron chi connectivity index (χ1n) is 6.09. The summed E-state index contributed by atoms with van der Waals surface area (Å²) in [5.74, 6) is 0.148. The van der Waals surface area contributed by atoms with E-state index in [0.29, 0.717) is 6.54 Å². The molecule has 1 aromatic carbocycles. The van der Waals surface area contributed by atoms with Crippen molar-refractivity contribution in [3.63, 3.8) is 0 Å². The van der Waals surface area contributed by atoms with E-state index in [1.165, 1.54) is 5.56 Å². The van der Waals surface area contributed by atoms with Crippen molar-refractivity contribution in [2.24, 2.45) is 10.9 Å². The van der Waals surface area contributed by atoms with Crippen LogP contribution in [0.5, 0.6) is 0 Å². The van der Waals surface area contributed by atoms with Gasteiger partial charge >= 0.3 is 0 Å². The molecular weight excluding hydrogens is 258 g/mol. The number of thiophene rings is 1. The molecule has 2 aromatic rings. The Labute approximate surface area is 116 Å². The Kier molecular flexibility index (Phi) is 4.94. The first kappa shape index (κ1) is 13.6. The first-order chi connectivity index (χ1) is 9.31. The minimum atomic E-state index is 0.148. The van der Waals surface area contributed by atoms with E-state index in [2.05, 4.69) is 27.3 Å². The summed E-state index contributed by atoms with van der Waals surface area (Å²) in [6, 6.07) is 9.79. The Balaban J connectivity index is 1.89. The summed E-state index contributed by atoms with van der Waals surface area (Å²) in [5, 5.41) is 19.4. The molecule has 0 spiro atoms. The molecule has 1 aromatic heterocycles. The molecule has 100 valence electrons. The zero-order chi connectivity index (χ0) is 13.5. The zero-order valence-corrected chi connectivity index (χ0v) is 11.4. The van der Waals surface area contributed by atoms with E-state index in [4.69, 9.17) is 10.9 Å². The van der Waals surface area contributed by atoms with Crippen LogP contribution in [0, 0.1) is 0 Å². The standard InChI is InChI=1S/C14H17N3OS/c15-14(17-18)13-4-2-1-3-12(13)9-16-7-5-11-6-8-19-10-11/h1-4,6,8,10,16,18H,5,7,9H2,(H2,15,17). The maximum absolute atomic E-state index is 8.75. The SMILES string of the molecule is NC(=NO)c1ccccc1CNCCc1ccsc1. The highest BCUT2D eigenvalue weighted by atomic mass is 32.1. The lowest BCUT2D eigenvalue weighted by molar-refractivity contribution is 0.318. The van der Waals surface area contributed by atoms with Crippen molar-refractivity contribution in [1.29, 1.82) is 0 Å². The average Bonchev–Trinajstić information content (AvgIpc) is 2.96. The molecule has 0 aliphatic carbocycles. The van der Waals surface area contributed by atoms with Crippen LogP contribution in [0.4, 0.5) is 0 Å². The van der Waals surface area contributed by atoms with Crippen LogP contribution in [-0.2, 0) is 13.0 Å². The van der Waals surface area contributed by atoms with Gasteiger partial charge in [0.2, 0.25) is 0 Å². The van der Waals surface area contributed by atoms with Crippen molar-refractivity contribution in [2.45, 2.75) is 13.0 Å². The number of nitrogens with one attached hydrogen (secondary N) is 1. The molecule has 0 aliphatic heterocycles. The summed E-state index contributed by atoms with van der Waals surface area (Å²) in [7, 11) is 0. The lowest BCUT2D eigenvalue weighted by Gasteiger charge is -2.09. The third kappa shape index (κ3) is 3.81. The lowest BCUT2D eigenvalue weighted by atomic mass is 10.1. The van der Waals surface area contributed by atoms with E-state index >= 15 is 0 Å². The average molecular weight is 275 g/mol. The molecule has 1 heterocycles. The molecule has 0 fully saturated rings. The van der Waals surface area contributed by atoms with Crippen LogP contribution in [0.25, 0.3) is 0 Å². The van der Waals surface area contributed by atoms with Crippen LogP contribution < -0.4 is 11.1 Å². The van der Waals surface area contributed by atoms with Gasteiger partial charge in [0.05, 0.1) is 0 Å². The predicted octanol–water partition coefficient (Wildman–Crippen LogP) is 2.17. The van der Waals surface area contributed by atoms with Gasteiger partial charge in [0.1, 0.15) is 0 Å². The van der Waals surface area contributed by atoms with Crippen molar-refractivity contribution in [3.8, 4) is 0 Å². The molecule has 0 saturated heterocycles. The molecule has 19 heavy (non-hydrogen) atoms. The monoisotopic (exact) mass is 275 g/mol. The number of nitrogens with zero attached hydrogens (tertiary/aromatic N) is 1. The molecule has 5 heteroatoms. The number of nitrogens with two attached hydrogens (primary N) is 1. The van der Waals surface area contributed by atoms with Crippen LogP contribution in [0.15, 0.2) is 46.2 Å². The van der Waals surface area contributed by atoms with Gasteiger partial charge in [0, 0.05) is 12.1 Å². The maximum Gasteiger partial charge on any atom is 0.170 e. The number of amidine groups is 1. The second-order valence-electron chi connectivity index (χ2n) is 4.20. The molecular formula is C14H17N3OS. The number of hydrogen-bond acceptors (Lipinski definition) is 4. The Morgan fingerprint density at radius 2 is 2.16 bits per heavy atom. The van der Waals surface area contributed by atoms with Crippen LogP contribution in [0.3, 0.4) is 0 Å². The molecule has 0 aliphatic rings. The van der Waals surface area contributed by atoms with Gasteiger partial charge < -0.3 is 16.3 Å². The van der Waals surface area contributed by atoms with E-state index in [1.807, 2.05) is 24.3 Å². The fraction of sp³-hybridized carbons (Fsp3) is 0.214. The summed E-state index contributed by atoms with van der Waals surface area (Å²) in [6.45, 7) is 1.61. The number of benzene rings is 1. The highest BCUT2D eigenvalue weighted by Crippen LogP contribution is 2.09. The summed E-state index contributed by atoms with van der Waals surface area (Å²) in [6.07, 6.45) is 1.01. The normalized spacial score (nSPS) is 11.7. The fourth-order valence-electron chi connectivity index (χ4n) is 1.87. The Hall–Kier alpha value is -1.85. The third-order valence-corrected chi connectivity index (χ3v) is 3.62. The predicted molar refractivity (Wildman–Crippen MR) is 78.7 cm³/mol. The summed E-state index contributed by atoms with van der Waals surface area (Å²) in [4.78, 5) is 0. The number of oxime groups is 1. The van der Waals surface area contributed by atoms with Crippen LogP contribution in [0.1, 0.15) is 16.7 Å². The molecule has 2 rings (SSSR count). The van der Waals surface area contributed by atoms with Gasteiger partial charge in [-0.05, 0) is 40.9 Å². The number of hydrogen-bond donors (Lipinski definition) is 3. The highest BCUT2D eigenvalue weighted by molar-refractivity contribution is 7.07. The zero-order valence-electron chi connectivity index (χ0n) is 10.5. The van der Waals surface area contributed by atoms with Gasteiger partial charge in [0.25, 0.3) is 0 Å². The molecule has 0 radical (unpaired) electrons. The minimum absolute atomic E-state index is 0.148. The smallest absolute Gasteiger partial charge is 0.170 e. The Bertz CT molecular complexity index is 537. The van der Waals surface area contributed by atoms with Gasteiger partial charge in [-0.25, -0.2) is 0 Å². The number of rotatable bonds is 6. The van der Waals surface area contributed by atoms with Gasteiger partial charge in [-0.2, -0.15) is 11.3 Å². The summed E-state index contributed by atoms with van der Waals surface area (Å²) in [5.41, 5.74) is 8.80. The van der Waals surface area contributed by atoms with E-state index < -0.39 is 0 Å². The molecule has 0 amide bonds. The van der Waals surface area contributed by atoms with Gasteiger partial charge in [-0.3, -0.25) is 0 Å². The van der Waals surface area contributed by atoms with Gasteiger partial charge in [0.15, 0.2) is 5.84 Å². The molecule has 0 atom stereocenters. The van der Waals surface area contributed by atoms with Crippen molar-refractivity contribution >= 4 is 17.2 Å². The first-order valence-corrected chi connectivity index (χ1v) is 7.03. The second-order valence-corrected chi connectivity index (χ2v) is 4.98. The fourth-order valence-corrected chi connectivity index (χ4v) is 2.57. The van der Waals surface area contributed by atoms with Crippen LogP contribution in [0.2, 0.25) is 0 Å². The lowest BCUT2D eigenvalue weighted by Crippen LogP contribution is -2.21. The molecule has 0 unspecified atom stereocenters. The van der Waals surface area contributed by atoms with E-state index in [0.717, 1.165) is 24.1 Å². The van der Waals surface area contributed by atoms with Crippen molar-refractivity contribution in [3.05, 3.63) is 57.8 Å². The van der Waals surface area contributed by atoms with E-state index in [1.54, 1.807) is 11.3 Å². The Morgan fingerprint density at radius 1 is 1.32 bits per heavy atom. The quantitative estimate of drug-likeness (QED) is 0.249.